The normalized spacial score (nSPS) is 13.0. The molecule has 0 saturated heterocycles. The van der Waals surface area contributed by atoms with Crippen LogP contribution < -0.4 is 0 Å². The van der Waals surface area contributed by atoms with E-state index in [-0.39, 0.29) is 25.2 Å². The van der Waals surface area contributed by atoms with E-state index in [2.05, 4.69) is 123 Å². The average Bonchev–Trinajstić information content (AvgIpc) is 3.38. The largest absolute Gasteiger partial charge is 0.462 e. The third-order valence-corrected chi connectivity index (χ3v) is 13.1. The number of allylic oxidation sites excluding steroid dienone is 18. The van der Waals surface area contributed by atoms with E-state index >= 15 is 0 Å². The number of hydrogen-bond acceptors (Lipinski definition) is 5. The number of rotatable bonds is 55. The molecule has 0 fully saturated rings. The summed E-state index contributed by atoms with van der Waals surface area (Å²) in [5, 5.41) is 9.65. The van der Waals surface area contributed by atoms with E-state index in [9.17, 15) is 14.7 Å². The Morgan fingerprint density at radius 2 is 0.556 bits per heavy atom. The molecule has 1 atom stereocenters. The van der Waals surface area contributed by atoms with Crippen LogP contribution in [0.3, 0.4) is 0 Å². The molecule has 72 heavy (non-hydrogen) atoms. The van der Waals surface area contributed by atoms with Crippen molar-refractivity contribution in [1.29, 1.82) is 0 Å². The van der Waals surface area contributed by atoms with Gasteiger partial charge >= 0.3 is 11.9 Å². The van der Waals surface area contributed by atoms with Crippen molar-refractivity contribution in [2.45, 2.75) is 290 Å². The van der Waals surface area contributed by atoms with E-state index in [1.54, 1.807) is 0 Å². The van der Waals surface area contributed by atoms with Gasteiger partial charge in [-0.3, -0.25) is 9.59 Å². The Bertz CT molecular complexity index is 1410. The number of esters is 2. The van der Waals surface area contributed by atoms with Gasteiger partial charge in [0.1, 0.15) is 6.61 Å². The monoisotopic (exact) mass is 999 g/mol. The molecule has 0 radical (unpaired) electrons. The number of hydrogen-bond donors (Lipinski definition) is 1. The average molecular weight is 1000 g/mol. The Labute approximate surface area is 446 Å². The molecule has 5 nitrogen and oxygen atoms in total. The zero-order valence-corrected chi connectivity index (χ0v) is 47.2. The molecule has 0 aliphatic rings. The van der Waals surface area contributed by atoms with Gasteiger partial charge in [0, 0.05) is 12.8 Å². The fourth-order valence-electron chi connectivity index (χ4n) is 8.58. The number of carbonyl (C=O) groups is 2. The Hall–Kier alpha value is -3.44. The topological polar surface area (TPSA) is 72.8 Å². The second kappa shape index (κ2) is 61.9. The maximum Gasteiger partial charge on any atom is 0.306 e. The standard InChI is InChI=1S/C67H114O5/c1-3-5-7-9-11-13-15-17-19-21-22-23-24-25-26-27-28-29-30-31-32-33-34-35-36-37-38-39-40-41-42-43-44-46-48-50-52-54-56-58-60-62-67(70)72-65(63-68)64-71-66(69)61-59-57-55-53-51-49-47-45-20-18-16-14-12-10-8-6-4-2/h5-8,11-14,17-20,22-23,25-26,28-29,65,68H,3-4,9-10,15-16,21,24,27,30-64H2,1-2H3/b7-5-,8-6-,13-11-,14-12-,19-17-,20-18-,23-22-,26-25-,29-28-. The minimum Gasteiger partial charge on any atom is -0.462 e. The molecule has 0 heterocycles. The van der Waals surface area contributed by atoms with E-state index in [4.69, 9.17) is 9.47 Å². The molecule has 0 aromatic heterocycles. The van der Waals surface area contributed by atoms with Crippen molar-refractivity contribution in [2.75, 3.05) is 13.2 Å². The van der Waals surface area contributed by atoms with Crippen LogP contribution in [0.2, 0.25) is 0 Å². The highest BCUT2D eigenvalue weighted by atomic mass is 16.6. The second-order valence-corrected chi connectivity index (χ2v) is 20.0. The summed E-state index contributed by atoms with van der Waals surface area (Å²) in [5.41, 5.74) is 0. The van der Waals surface area contributed by atoms with E-state index in [1.807, 2.05) is 0 Å². The summed E-state index contributed by atoms with van der Waals surface area (Å²) in [6.45, 7) is 3.92. The molecule has 0 bridgehead atoms. The molecule has 1 unspecified atom stereocenters. The van der Waals surface area contributed by atoms with Gasteiger partial charge < -0.3 is 14.6 Å². The van der Waals surface area contributed by atoms with Crippen molar-refractivity contribution in [3.63, 3.8) is 0 Å². The van der Waals surface area contributed by atoms with Crippen LogP contribution in [0.25, 0.3) is 0 Å². The first kappa shape index (κ1) is 68.6. The quantitative estimate of drug-likeness (QED) is 0.0373. The highest BCUT2D eigenvalue weighted by Crippen LogP contribution is 2.17. The molecule has 0 amide bonds. The Balaban J connectivity index is 3.44. The summed E-state index contributed by atoms with van der Waals surface area (Å²) in [6.07, 6.45) is 89.5. The van der Waals surface area contributed by atoms with Crippen molar-refractivity contribution in [2.24, 2.45) is 0 Å². The highest BCUT2D eigenvalue weighted by Gasteiger charge is 2.16. The summed E-state index contributed by atoms with van der Waals surface area (Å²) >= 11 is 0. The molecule has 0 aliphatic heterocycles. The van der Waals surface area contributed by atoms with Crippen LogP contribution in [0.1, 0.15) is 284 Å². The summed E-state index contributed by atoms with van der Waals surface area (Å²) < 4.78 is 10.7. The van der Waals surface area contributed by atoms with Gasteiger partial charge in [-0.2, -0.15) is 0 Å². The Kier molecular flexibility index (Phi) is 58.9. The molecule has 412 valence electrons. The molecule has 1 N–H and O–H groups in total. The van der Waals surface area contributed by atoms with Gasteiger partial charge in [-0.05, 0) is 96.3 Å². The number of unbranched alkanes of at least 4 members (excludes halogenated alkanes) is 29. The van der Waals surface area contributed by atoms with Gasteiger partial charge in [0.15, 0.2) is 6.10 Å². The van der Waals surface area contributed by atoms with Gasteiger partial charge in [-0.15, -0.1) is 0 Å². The van der Waals surface area contributed by atoms with Gasteiger partial charge in [-0.1, -0.05) is 284 Å². The van der Waals surface area contributed by atoms with Crippen molar-refractivity contribution in [3.8, 4) is 0 Å². The van der Waals surface area contributed by atoms with E-state index < -0.39 is 6.10 Å². The molecule has 0 spiro atoms. The SMILES string of the molecule is CC/C=C\C/C=C\C/C=C\C/C=C\C/C=C\C/C=C\CCCCCCCCCCCCCCCCCCCCCCCCC(=O)OC(CO)COC(=O)CCCCCCCCC/C=C\C/C=C\C/C=C\CC. The molecular weight excluding hydrogens is 885 g/mol. The lowest BCUT2D eigenvalue weighted by molar-refractivity contribution is -0.161. The minimum atomic E-state index is -0.780. The van der Waals surface area contributed by atoms with Crippen LogP contribution >= 0.6 is 0 Å². The fourth-order valence-corrected chi connectivity index (χ4v) is 8.58. The number of aliphatic hydroxyl groups is 1. The number of ether oxygens (including phenoxy) is 2. The molecular formula is C67H114O5. The van der Waals surface area contributed by atoms with Crippen LogP contribution in [0.4, 0.5) is 0 Å². The minimum absolute atomic E-state index is 0.0722. The van der Waals surface area contributed by atoms with Crippen LogP contribution in [-0.4, -0.2) is 36.4 Å². The molecule has 0 aromatic carbocycles. The summed E-state index contributed by atoms with van der Waals surface area (Å²) in [6, 6.07) is 0. The van der Waals surface area contributed by atoms with Crippen LogP contribution in [0, 0.1) is 0 Å². The van der Waals surface area contributed by atoms with Crippen molar-refractivity contribution < 1.29 is 24.2 Å². The van der Waals surface area contributed by atoms with Gasteiger partial charge in [0.05, 0.1) is 6.61 Å². The van der Waals surface area contributed by atoms with Crippen LogP contribution in [-0.2, 0) is 19.1 Å². The van der Waals surface area contributed by atoms with Crippen molar-refractivity contribution >= 4 is 11.9 Å². The Morgan fingerprint density at radius 3 is 0.833 bits per heavy atom. The first-order valence-corrected chi connectivity index (χ1v) is 30.4. The molecule has 0 saturated carbocycles. The van der Waals surface area contributed by atoms with Crippen molar-refractivity contribution in [3.05, 3.63) is 109 Å². The number of aliphatic hydroxyl groups excluding tert-OH is 1. The van der Waals surface area contributed by atoms with E-state index in [0.29, 0.717) is 12.8 Å². The maximum absolute atomic E-state index is 12.3. The van der Waals surface area contributed by atoms with Crippen molar-refractivity contribution in [1.82, 2.24) is 0 Å². The first-order chi connectivity index (χ1) is 35.6. The third kappa shape index (κ3) is 59.1. The van der Waals surface area contributed by atoms with Gasteiger partial charge in [0.2, 0.25) is 0 Å². The van der Waals surface area contributed by atoms with Gasteiger partial charge in [0.25, 0.3) is 0 Å². The van der Waals surface area contributed by atoms with E-state index in [1.165, 1.54) is 154 Å². The predicted octanol–water partition coefficient (Wildman–Crippen LogP) is 20.9. The zero-order chi connectivity index (χ0) is 52.0. The summed E-state index contributed by atoms with van der Waals surface area (Å²) in [5.74, 6) is -0.596. The zero-order valence-electron chi connectivity index (χ0n) is 47.2. The fraction of sp³-hybridized carbons (Fsp3) is 0.701. The van der Waals surface area contributed by atoms with Crippen LogP contribution in [0.5, 0.6) is 0 Å². The summed E-state index contributed by atoms with van der Waals surface area (Å²) in [4.78, 5) is 24.5. The highest BCUT2D eigenvalue weighted by molar-refractivity contribution is 5.70. The Morgan fingerprint density at radius 1 is 0.319 bits per heavy atom. The second-order valence-electron chi connectivity index (χ2n) is 20.0. The summed E-state index contributed by atoms with van der Waals surface area (Å²) in [7, 11) is 0. The number of carbonyl (C=O) groups excluding carboxylic acids is 2. The molecule has 5 heteroatoms. The maximum atomic E-state index is 12.3. The molecule has 0 aromatic rings. The van der Waals surface area contributed by atoms with Gasteiger partial charge in [-0.25, -0.2) is 0 Å². The first-order valence-electron chi connectivity index (χ1n) is 30.4. The molecule has 0 aliphatic carbocycles. The lowest BCUT2D eigenvalue weighted by Gasteiger charge is -2.15. The lowest BCUT2D eigenvalue weighted by Crippen LogP contribution is -2.28. The third-order valence-electron chi connectivity index (χ3n) is 13.1. The predicted molar refractivity (Wildman–Crippen MR) is 315 cm³/mol. The van der Waals surface area contributed by atoms with E-state index in [0.717, 1.165) is 103 Å². The smallest absolute Gasteiger partial charge is 0.306 e. The lowest BCUT2D eigenvalue weighted by atomic mass is 10.0. The van der Waals surface area contributed by atoms with Crippen LogP contribution in [0.15, 0.2) is 109 Å². The molecule has 0 rings (SSSR count).